The summed E-state index contributed by atoms with van der Waals surface area (Å²) in [5.41, 5.74) is 2.72. The lowest BCUT2D eigenvalue weighted by Gasteiger charge is -2.28. The van der Waals surface area contributed by atoms with Crippen LogP contribution in [0.1, 0.15) is 47.8 Å². The van der Waals surface area contributed by atoms with E-state index in [0.717, 1.165) is 0 Å². The van der Waals surface area contributed by atoms with E-state index in [-0.39, 0.29) is 22.3 Å². The first-order valence-corrected chi connectivity index (χ1v) is 7.95. The molecule has 1 atom stereocenters. The lowest BCUT2D eigenvalue weighted by Crippen LogP contribution is -2.43. The molecule has 2 rings (SSSR count). The van der Waals surface area contributed by atoms with Crippen LogP contribution in [0.5, 0.6) is 0 Å². The molecule has 26 heavy (non-hydrogen) atoms. The van der Waals surface area contributed by atoms with Gasteiger partial charge in [-0.15, -0.1) is 0 Å². The monoisotopic (exact) mass is 352 g/mol. The van der Waals surface area contributed by atoms with Gasteiger partial charge >= 0.3 is 5.97 Å². The van der Waals surface area contributed by atoms with Gasteiger partial charge < -0.3 is 15.6 Å². The summed E-state index contributed by atoms with van der Waals surface area (Å²) in [6, 6.07) is 14.0. The van der Waals surface area contributed by atoms with E-state index in [0.29, 0.717) is 0 Å². The number of primary amides is 1. The van der Waals surface area contributed by atoms with Crippen molar-refractivity contribution in [3.8, 4) is 6.07 Å². The van der Waals surface area contributed by atoms with E-state index in [1.807, 2.05) is 6.07 Å². The number of nitrogens with two attached hydrogens (primary N) is 1. The smallest absolute Gasteiger partial charge is 0.339 e. The highest BCUT2D eigenvalue weighted by Gasteiger charge is 2.41. The van der Waals surface area contributed by atoms with Crippen molar-refractivity contribution in [2.75, 3.05) is 0 Å². The van der Waals surface area contributed by atoms with Crippen LogP contribution in [0, 0.1) is 11.3 Å². The summed E-state index contributed by atoms with van der Waals surface area (Å²) in [6.07, 6.45) is 0. The van der Waals surface area contributed by atoms with Crippen molar-refractivity contribution in [1.29, 1.82) is 5.26 Å². The number of amides is 1. The second-order valence-corrected chi connectivity index (χ2v) is 6.81. The lowest BCUT2D eigenvalue weighted by molar-refractivity contribution is -0.133. The molecular weight excluding hydrogens is 332 g/mol. The summed E-state index contributed by atoms with van der Waals surface area (Å²) in [5.74, 6) is -1.81. The molecule has 1 unspecified atom stereocenters. The number of aliphatic hydroxyl groups is 1. The summed E-state index contributed by atoms with van der Waals surface area (Å²) in [5, 5.41) is 20.3. The zero-order chi connectivity index (χ0) is 19.5. The molecule has 0 aliphatic rings. The predicted octanol–water partition coefficient (Wildman–Crippen LogP) is 2.23. The quantitative estimate of drug-likeness (QED) is 0.819. The second-order valence-electron chi connectivity index (χ2n) is 6.81. The molecule has 0 saturated carbocycles. The van der Waals surface area contributed by atoms with Crippen LogP contribution >= 0.6 is 0 Å². The van der Waals surface area contributed by atoms with Crippen LogP contribution in [-0.4, -0.2) is 22.6 Å². The van der Waals surface area contributed by atoms with Gasteiger partial charge in [0.25, 0.3) is 5.91 Å². The summed E-state index contributed by atoms with van der Waals surface area (Å²) < 4.78 is 5.36. The first kappa shape index (κ1) is 19.2. The summed E-state index contributed by atoms with van der Waals surface area (Å²) in [4.78, 5) is 24.8. The molecule has 0 saturated heterocycles. The van der Waals surface area contributed by atoms with E-state index in [1.54, 1.807) is 39.0 Å². The Hall–Kier alpha value is -3.17. The zero-order valence-electron chi connectivity index (χ0n) is 14.8. The van der Waals surface area contributed by atoms with Crippen LogP contribution < -0.4 is 5.73 Å². The molecule has 0 heterocycles. The number of carbonyl (C=O) groups excluding carboxylic acids is 2. The Bertz CT molecular complexity index is 879. The van der Waals surface area contributed by atoms with Crippen molar-refractivity contribution in [3.63, 3.8) is 0 Å². The molecule has 6 nitrogen and oxygen atoms in total. The molecule has 0 radical (unpaired) electrons. The van der Waals surface area contributed by atoms with Crippen molar-refractivity contribution >= 4 is 11.9 Å². The van der Waals surface area contributed by atoms with Gasteiger partial charge in [-0.2, -0.15) is 5.26 Å². The molecule has 0 aromatic heterocycles. The van der Waals surface area contributed by atoms with Crippen molar-refractivity contribution in [1.82, 2.24) is 0 Å². The third-order valence-corrected chi connectivity index (χ3v) is 3.71. The van der Waals surface area contributed by atoms with E-state index >= 15 is 0 Å². The molecule has 2 aromatic rings. The molecular formula is C20H20N2O4. The highest BCUT2D eigenvalue weighted by atomic mass is 16.6. The maximum Gasteiger partial charge on any atom is 0.339 e. The van der Waals surface area contributed by atoms with Gasteiger partial charge in [0.15, 0.2) is 5.60 Å². The molecule has 0 spiro atoms. The fraction of sp³-hybridized carbons (Fsp3) is 0.250. The highest BCUT2D eigenvalue weighted by molar-refractivity contribution is 5.97. The number of ether oxygens (including phenoxy) is 1. The maximum absolute atomic E-state index is 12.7. The van der Waals surface area contributed by atoms with Gasteiger partial charge in [-0.1, -0.05) is 36.4 Å². The number of esters is 1. The topological polar surface area (TPSA) is 113 Å². The van der Waals surface area contributed by atoms with E-state index in [9.17, 15) is 14.7 Å². The number of carbonyl (C=O) groups is 2. The zero-order valence-corrected chi connectivity index (χ0v) is 14.8. The minimum absolute atomic E-state index is 0.0375. The summed E-state index contributed by atoms with van der Waals surface area (Å²) in [7, 11) is 0. The fourth-order valence-electron chi connectivity index (χ4n) is 2.54. The van der Waals surface area contributed by atoms with Gasteiger partial charge in [-0.05, 0) is 38.5 Å². The summed E-state index contributed by atoms with van der Waals surface area (Å²) >= 11 is 0. The minimum Gasteiger partial charge on any atom is -0.456 e. The van der Waals surface area contributed by atoms with Gasteiger partial charge in [0.2, 0.25) is 0 Å². The molecule has 134 valence electrons. The number of rotatable bonds is 4. The maximum atomic E-state index is 12.7. The lowest BCUT2D eigenvalue weighted by atomic mass is 9.82. The van der Waals surface area contributed by atoms with E-state index in [4.69, 9.17) is 15.7 Å². The molecule has 1 amide bonds. The molecule has 0 bridgehead atoms. The molecule has 6 heteroatoms. The van der Waals surface area contributed by atoms with Gasteiger partial charge in [-0.3, -0.25) is 4.79 Å². The first-order valence-electron chi connectivity index (χ1n) is 7.95. The Labute approximate surface area is 151 Å². The number of hydrogen-bond donors (Lipinski definition) is 2. The molecule has 0 fully saturated rings. The van der Waals surface area contributed by atoms with Crippen LogP contribution in [0.15, 0.2) is 48.5 Å². The first-order chi connectivity index (χ1) is 12.1. The fourth-order valence-corrected chi connectivity index (χ4v) is 2.54. The third-order valence-electron chi connectivity index (χ3n) is 3.71. The third kappa shape index (κ3) is 3.73. The Morgan fingerprint density at radius 2 is 1.73 bits per heavy atom. The Morgan fingerprint density at radius 1 is 1.12 bits per heavy atom. The number of benzene rings is 2. The van der Waals surface area contributed by atoms with Crippen molar-refractivity contribution in [3.05, 3.63) is 70.8 Å². The van der Waals surface area contributed by atoms with Crippen molar-refractivity contribution < 1.29 is 19.4 Å². The van der Waals surface area contributed by atoms with Gasteiger partial charge in [0.05, 0.1) is 17.2 Å². The highest BCUT2D eigenvalue weighted by Crippen LogP contribution is 2.33. The van der Waals surface area contributed by atoms with Crippen LogP contribution in [0.4, 0.5) is 0 Å². The number of nitriles is 1. The van der Waals surface area contributed by atoms with E-state index in [1.165, 1.54) is 30.3 Å². The van der Waals surface area contributed by atoms with Crippen LogP contribution in [-0.2, 0) is 15.1 Å². The minimum atomic E-state index is -2.25. The van der Waals surface area contributed by atoms with E-state index < -0.39 is 23.1 Å². The average Bonchev–Trinajstić information content (AvgIpc) is 2.59. The standard InChI is InChI=1S/C20H20N2O4/c1-19(2,3)26-17(23)15-11-13(12-21)9-10-16(15)20(25,18(22)24)14-7-5-4-6-8-14/h4-11,25H,1-3H3,(H2,22,24). The molecule has 3 N–H and O–H groups in total. The van der Waals surface area contributed by atoms with E-state index in [2.05, 4.69) is 0 Å². The Balaban J connectivity index is 2.73. The van der Waals surface area contributed by atoms with Crippen LogP contribution in [0.3, 0.4) is 0 Å². The predicted molar refractivity (Wildman–Crippen MR) is 95.0 cm³/mol. The number of nitrogens with zero attached hydrogens (tertiary/aromatic N) is 1. The normalized spacial score (nSPS) is 13.3. The average molecular weight is 352 g/mol. The van der Waals surface area contributed by atoms with Crippen LogP contribution in [0.25, 0.3) is 0 Å². The summed E-state index contributed by atoms with van der Waals surface area (Å²) in [6.45, 7) is 5.07. The Kier molecular flexibility index (Phi) is 5.15. The SMILES string of the molecule is CC(C)(C)OC(=O)c1cc(C#N)ccc1C(O)(C(N)=O)c1ccccc1. The van der Waals surface area contributed by atoms with Gasteiger partial charge in [-0.25, -0.2) is 4.79 Å². The number of hydrogen-bond acceptors (Lipinski definition) is 5. The second kappa shape index (κ2) is 6.98. The molecule has 0 aliphatic heterocycles. The van der Waals surface area contributed by atoms with Crippen LogP contribution in [0.2, 0.25) is 0 Å². The molecule has 2 aromatic carbocycles. The Morgan fingerprint density at radius 3 is 2.23 bits per heavy atom. The van der Waals surface area contributed by atoms with Gasteiger partial charge in [0.1, 0.15) is 5.60 Å². The van der Waals surface area contributed by atoms with Crippen molar-refractivity contribution in [2.45, 2.75) is 32.0 Å². The van der Waals surface area contributed by atoms with Crippen molar-refractivity contribution in [2.24, 2.45) is 5.73 Å². The largest absolute Gasteiger partial charge is 0.456 e. The molecule has 0 aliphatic carbocycles. The van der Waals surface area contributed by atoms with Gasteiger partial charge in [0, 0.05) is 5.56 Å².